The number of hydrogen-bond acceptors (Lipinski definition) is 3. The summed E-state index contributed by atoms with van der Waals surface area (Å²) in [5.41, 5.74) is 15.2. The van der Waals surface area contributed by atoms with Crippen molar-refractivity contribution in [1.29, 1.82) is 0 Å². The van der Waals surface area contributed by atoms with Crippen molar-refractivity contribution in [3.05, 3.63) is 180 Å². The fourth-order valence-electron chi connectivity index (χ4n) is 7.60. The van der Waals surface area contributed by atoms with Crippen molar-refractivity contribution in [3.8, 4) is 11.1 Å². The Labute approximate surface area is 299 Å². The number of hydrogen-bond donors (Lipinski definition) is 1. The molecular formula is C47H31N3O2. The number of amidine groups is 2. The minimum Gasteiger partial charge on any atom is -0.456 e. The molecule has 0 spiro atoms. The van der Waals surface area contributed by atoms with Crippen LogP contribution >= 0.6 is 0 Å². The highest BCUT2D eigenvalue weighted by molar-refractivity contribution is 6.21. The summed E-state index contributed by atoms with van der Waals surface area (Å²) >= 11 is 0. The fraction of sp³-hybridized carbons (Fsp3) is 0.0213. The molecule has 246 valence electrons. The molecule has 0 saturated heterocycles. The Kier molecular flexibility index (Phi) is 6.96. The number of benzene rings is 8. The smallest absolute Gasteiger partial charge is 0.157 e. The van der Waals surface area contributed by atoms with Crippen molar-refractivity contribution >= 4 is 77.1 Å². The molecule has 2 aromatic heterocycles. The van der Waals surface area contributed by atoms with Crippen molar-refractivity contribution in [1.82, 2.24) is 0 Å². The Bertz CT molecular complexity index is 3060. The van der Waals surface area contributed by atoms with Crippen molar-refractivity contribution in [3.63, 3.8) is 0 Å². The van der Waals surface area contributed by atoms with Gasteiger partial charge in [0.25, 0.3) is 0 Å². The van der Waals surface area contributed by atoms with Crippen LogP contribution in [0, 0.1) is 0 Å². The molecule has 0 saturated carbocycles. The summed E-state index contributed by atoms with van der Waals surface area (Å²) in [6.07, 6.45) is 0. The Morgan fingerprint density at radius 3 is 1.94 bits per heavy atom. The Morgan fingerprint density at radius 1 is 0.500 bits per heavy atom. The van der Waals surface area contributed by atoms with E-state index >= 15 is 0 Å². The number of rotatable bonds is 5. The number of nitrogens with two attached hydrogens (primary N) is 1. The number of furan rings is 2. The fourth-order valence-corrected chi connectivity index (χ4v) is 7.60. The first-order valence-corrected chi connectivity index (χ1v) is 17.4. The molecule has 0 fully saturated rings. The molecule has 0 unspecified atom stereocenters. The summed E-state index contributed by atoms with van der Waals surface area (Å²) in [7, 11) is 0. The largest absolute Gasteiger partial charge is 0.456 e. The Morgan fingerprint density at radius 2 is 1.13 bits per heavy atom. The van der Waals surface area contributed by atoms with Crippen molar-refractivity contribution in [2.75, 3.05) is 0 Å². The van der Waals surface area contributed by atoms with Crippen LogP contribution in [0.3, 0.4) is 0 Å². The molecule has 10 aromatic rings. The van der Waals surface area contributed by atoms with E-state index in [2.05, 4.69) is 109 Å². The quantitative estimate of drug-likeness (QED) is 0.113. The Balaban J connectivity index is 1.19. The van der Waals surface area contributed by atoms with Crippen LogP contribution in [0.1, 0.15) is 16.7 Å². The highest BCUT2D eigenvalue weighted by Gasteiger charge is 2.18. The van der Waals surface area contributed by atoms with Crippen LogP contribution in [-0.4, -0.2) is 11.7 Å². The second-order valence-electron chi connectivity index (χ2n) is 13.1. The molecule has 0 amide bonds. The van der Waals surface area contributed by atoms with Crippen LogP contribution in [0.15, 0.2) is 183 Å². The van der Waals surface area contributed by atoms with Gasteiger partial charge in [0.1, 0.15) is 28.2 Å². The molecule has 0 atom stereocenters. The number of para-hydroxylation sites is 2. The van der Waals surface area contributed by atoms with Crippen LogP contribution < -0.4 is 5.73 Å². The highest BCUT2D eigenvalue weighted by Crippen LogP contribution is 2.38. The van der Waals surface area contributed by atoms with Crippen molar-refractivity contribution < 1.29 is 8.83 Å². The van der Waals surface area contributed by atoms with Crippen LogP contribution in [0.25, 0.3) is 76.5 Å². The molecule has 52 heavy (non-hydrogen) atoms. The average Bonchev–Trinajstić information content (AvgIpc) is 3.78. The molecule has 8 aromatic carbocycles. The lowest BCUT2D eigenvalue weighted by Crippen LogP contribution is -2.17. The predicted molar refractivity (Wildman–Crippen MR) is 215 cm³/mol. The van der Waals surface area contributed by atoms with Gasteiger partial charge in [0.05, 0.1) is 6.54 Å². The van der Waals surface area contributed by atoms with E-state index in [4.69, 9.17) is 24.6 Å². The third-order valence-corrected chi connectivity index (χ3v) is 10.0. The maximum atomic E-state index is 6.99. The lowest BCUT2D eigenvalue weighted by atomic mass is 9.95. The lowest BCUT2D eigenvalue weighted by molar-refractivity contribution is 0.668. The third-order valence-electron chi connectivity index (χ3n) is 10.0. The highest BCUT2D eigenvalue weighted by atomic mass is 16.3. The summed E-state index contributed by atoms with van der Waals surface area (Å²) in [5.74, 6) is 0.908. The zero-order chi connectivity index (χ0) is 34.6. The molecule has 0 radical (unpaired) electrons. The van der Waals surface area contributed by atoms with Crippen molar-refractivity contribution in [2.45, 2.75) is 6.54 Å². The molecule has 0 aliphatic heterocycles. The van der Waals surface area contributed by atoms with Gasteiger partial charge in [0.2, 0.25) is 0 Å². The van der Waals surface area contributed by atoms with E-state index in [-0.39, 0.29) is 0 Å². The lowest BCUT2D eigenvalue weighted by Gasteiger charge is -2.12. The summed E-state index contributed by atoms with van der Waals surface area (Å²) < 4.78 is 12.5. The van der Waals surface area contributed by atoms with Gasteiger partial charge in [-0.2, -0.15) is 0 Å². The minimum absolute atomic E-state index is 0.353. The summed E-state index contributed by atoms with van der Waals surface area (Å²) in [6.45, 7) is 0.353. The minimum atomic E-state index is 0.353. The van der Waals surface area contributed by atoms with E-state index in [1.807, 2.05) is 54.6 Å². The van der Waals surface area contributed by atoms with Gasteiger partial charge in [-0.15, -0.1) is 0 Å². The number of aliphatic imine (C=N–C) groups is 2. The van der Waals surface area contributed by atoms with Gasteiger partial charge in [-0.3, -0.25) is 4.99 Å². The summed E-state index contributed by atoms with van der Waals surface area (Å²) in [6, 6.07) is 56.0. The summed E-state index contributed by atoms with van der Waals surface area (Å²) in [4.78, 5) is 10.5. The van der Waals surface area contributed by atoms with E-state index in [1.165, 1.54) is 16.2 Å². The molecular weight excluding hydrogens is 639 g/mol. The third kappa shape index (κ3) is 4.94. The molecule has 5 heteroatoms. The van der Waals surface area contributed by atoms with E-state index in [0.717, 1.165) is 77.1 Å². The van der Waals surface area contributed by atoms with Gasteiger partial charge in [-0.1, -0.05) is 133 Å². The van der Waals surface area contributed by atoms with Gasteiger partial charge >= 0.3 is 0 Å². The zero-order valence-corrected chi connectivity index (χ0v) is 28.1. The van der Waals surface area contributed by atoms with Crippen LogP contribution in [0.4, 0.5) is 0 Å². The monoisotopic (exact) mass is 669 g/mol. The maximum Gasteiger partial charge on any atom is 0.157 e. The van der Waals surface area contributed by atoms with Crippen LogP contribution in [0.2, 0.25) is 0 Å². The maximum absolute atomic E-state index is 6.99. The van der Waals surface area contributed by atoms with Crippen LogP contribution in [-0.2, 0) is 6.54 Å². The van der Waals surface area contributed by atoms with Gasteiger partial charge in [-0.25, -0.2) is 4.99 Å². The molecule has 10 rings (SSSR count). The molecule has 0 aliphatic rings. The van der Waals surface area contributed by atoms with Gasteiger partial charge in [0, 0.05) is 32.7 Å². The van der Waals surface area contributed by atoms with Gasteiger partial charge < -0.3 is 14.6 Å². The SMILES string of the molecule is NC(=NC(=NCc1c(-c2ccccc2)ccc2oc3ccccc3c12)c1ccc2c(ccc3ccccc32)c1)c1cccc2oc3ccccc3c12. The average molecular weight is 670 g/mol. The summed E-state index contributed by atoms with van der Waals surface area (Å²) in [5, 5.41) is 8.73. The molecule has 5 nitrogen and oxygen atoms in total. The standard InChI is InChI=1S/C47H31N3O2/c48-46(38-17-10-20-42-44(38)36-15-6-8-18-40(36)51-42)50-47(32-23-24-35-31(27-32)22-21-30-13-4-5-14-33(30)35)49-28-39-34(29-11-2-1-3-12-29)25-26-43-45(39)37-16-7-9-19-41(37)52-43/h1-27H,28H2,(H2,48,49,50). The topological polar surface area (TPSA) is 77.0 Å². The van der Waals surface area contributed by atoms with E-state index in [0.29, 0.717) is 18.2 Å². The first-order valence-electron chi connectivity index (χ1n) is 17.4. The number of fused-ring (bicyclic) bond motifs is 9. The van der Waals surface area contributed by atoms with Crippen molar-refractivity contribution in [2.24, 2.45) is 15.7 Å². The van der Waals surface area contributed by atoms with E-state index < -0.39 is 0 Å². The number of nitrogens with zero attached hydrogens (tertiary/aromatic N) is 2. The van der Waals surface area contributed by atoms with Gasteiger partial charge in [0.15, 0.2) is 5.84 Å². The molecule has 2 N–H and O–H groups in total. The first kappa shape index (κ1) is 29.9. The van der Waals surface area contributed by atoms with Crippen LogP contribution in [0.5, 0.6) is 0 Å². The first-order chi connectivity index (χ1) is 25.7. The second-order valence-corrected chi connectivity index (χ2v) is 13.1. The zero-order valence-electron chi connectivity index (χ0n) is 28.1. The molecule has 0 aliphatic carbocycles. The second kappa shape index (κ2) is 12.1. The van der Waals surface area contributed by atoms with E-state index in [1.54, 1.807) is 0 Å². The van der Waals surface area contributed by atoms with E-state index in [9.17, 15) is 0 Å². The van der Waals surface area contributed by atoms with Gasteiger partial charge in [-0.05, 0) is 68.6 Å². The molecule has 0 bridgehead atoms. The Hall–Kier alpha value is -6.98. The normalized spacial score (nSPS) is 12.6. The molecule has 2 heterocycles. The predicted octanol–water partition coefficient (Wildman–Crippen LogP) is 11.8.